The SMILES string of the molecule is Cc1cc(O)c(C(C)C)cc1-c1cc(C(=O)O)[nH]n1. The van der Waals surface area contributed by atoms with Crippen molar-refractivity contribution >= 4 is 5.97 Å². The Morgan fingerprint density at radius 1 is 1.32 bits per heavy atom. The molecule has 0 aliphatic heterocycles. The van der Waals surface area contributed by atoms with Crippen molar-refractivity contribution in [1.82, 2.24) is 10.2 Å². The number of aromatic carboxylic acids is 1. The fourth-order valence-electron chi connectivity index (χ4n) is 2.02. The van der Waals surface area contributed by atoms with E-state index in [2.05, 4.69) is 10.2 Å². The first-order valence-corrected chi connectivity index (χ1v) is 6.02. The minimum atomic E-state index is -1.04. The molecule has 0 amide bonds. The largest absolute Gasteiger partial charge is 0.508 e. The quantitative estimate of drug-likeness (QED) is 0.792. The van der Waals surface area contributed by atoms with Crippen molar-refractivity contribution in [3.63, 3.8) is 0 Å². The van der Waals surface area contributed by atoms with Crippen LogP contribution in [0, 0.1) is 6.92 Å². The van der Waals surface area contributed by atoms with Gasteiger partial charge in [0.25, 0.3) is 0 Å². The van der Waals surface area contributed by atoms with Crippen molar-refractivity contribution in [1.29, 1.82) is 0 Å². The lowest BCUT2D eigenvalue weighted by atomic mass is 9.95. The van der Waals surface area contributed by atoms with Gasteiger partial charge in [-0.15, -0.1) is 0 Å². The Balaban J connectivity index is 2.54. The van der Waals surface area contributed by atoms with Crippen molar-refractivity contribution < 1.29 is 15.0 Å². The highest BCUT2D eigenvalue weighted by molar-refractivity contribution is 5.87. The van der Waals surface area contributed by atoms with Gasteiger partial charge in [0.1, 0.15) is 11.4 Å². The van der Waals surface area contributed by atoms with Crippen LogP contribution in [-0.2, 0) is 0 Å². The number of aromatic nitrogens is 2. The zero-order valence-electron chi connectivity index (χ0n) is 11.1. The van der Waals surface area contributed by atoms with Gasteiger partial charge in [0.05, 0.1) is 5.69 Å². The van der Waals surface area contributed by atoms with Crippen molar-refractivity contribution in [3.8, 4) is 17.0 Å². The van der Waals surface area contributed by atoms with Gasteiger partial charge in [-0.1, -0.05) is 13.8 Å². The fourth-order valence-corrected chi connectivity index (χ4v) is 2.02. The third kappa shape index (κ3) is 2.45. The first-order chi connectivity index (χ1) is 8.90. The Morgan fingerprint density at radius 2 is 2.00 bits per heavy atom. The number of hydrogen-bond donors (Lipinski definition) is 3. The van der Waals surface area contributed by atoms with E-state index in [0.717, 1.165) is 16.7 Å². The second-order valence-corrected chi connectivity index (χ2v) is 4.85. The zero-order valence-corrected chi connectivity index (χ0v) is 11.1. The number of phenolic OH excluding ortho intramolecular Hbond substituents is 1. The maximum Gasteiger partial charge on any atom is 0.353 e. The summed E-state index contributed by atoms with van der Waals surface area (Å²) in [5, 5.41) is 25.3. The molecule has 0 spiro atoms. The Labute approximate surface area is 110 Å². The summed E-state index contributed by atoms with van der Waals surface area (Å²) in [5.41, 5.74) is 3.11. The number of H-pyrrole nitrogens is 1. The third-order valence-electron chi connectivity index (χ3n) is 3.08. The lowest BCUT2D eigenvalue weighted by Gasteiger charge is -2.12. The molecule has 0 unspecified atom stereocenters. The predicted molar refractivity (Wildman–Crippen MR) is 71.5 cm³/mol. The minimum Gasteiger partial charge on any atom is -0.508 e. The zero-order chi connectivity index (χ0) is 14.2. The van der Waals surface area contributed by atoms with Crippen molar-refractivity contribution in [2.45, 2.75) is 26.7 Å². The minimum absolute atomic E-state index is 0.0496. The molecule has 0 saturated carbocycles. The molecule has 5 nitrogen and oxygen atoms in total. The van der Waals surface area contributed by atoms with Crippen LogP contribution in [0.25, 0.3) is 11.3 Å². The van der Waals surface area contributed by atoms with Gasteiger partial charge < -0.3 is 10.2 Å². The first kappa shape index (κ1) is 13.1. The average molecular weight is 260 g/mol. The number of benzene rings is 1. The van der Waals surface area contributed by atoms with Crippen LogP contribution >= 0.6 is 0 Å². The van der Waals surface area contributed by atoms with Gasteiger partial charge >= 0.3 is 5.97 Å². The molecule has 0 fully saturated rings. The van der Waals surface area contributed by atoms with Crippen LogP contribution in [0.1, 0.15) is 41.4 Å². The summed E-state index contributed by atoms with van der Waals surface area (Å²) in [5.74, 6) is -0.609. The second kappa shape index (κ2) is 4.76. The fraction of sp³-hybridized carbons (Fsp3) is 0.286. The van der Waals surface area contributed by atoms with E-state index >= 15 is 0 Å². The molecule has 2 rings (SSSR count). The number of carboxylic acid groups (broad SMARTS) is 1. The van der Waals surface area contributed by atoms with Crippen molar-refractivity contribution in [2.75, 3.05) is 0 Å². The molecule has 0 bridgehead atoms. The molecular formula is C14H16N2O3. The summed E-state index contributed by atoms with van der Waals surface area (Å²) in [4.78, 5) is 10.8. The summed E-state index contributed by atoms with van der Waals surface area (Å²) in [7, 11) is 0. The number of phenols is 1. The molecule has 0 aliphatic rings. The van der Waals surface area contributed by atoms with Crippen molar-refractivity contribution in [3.05, 3.63) is 35.0 Å². The molecule has 0 atom stereocenters. The smallest absolute Gasteiger partial charge is 0.353 e. The van der Waals surface area contributed by atoms with Crippen LogP contribution < -0.4 is 0 Å². The van der Waals surface area contributed by atoms with Gasteiger partial charge in [0, 0.05) is 5.56 Å². The van der Waals surface area contributed by atoms with Crippen molar-refractivity contribution in [2.24, 2.45) is 0 Å². The Morgan fingerprint density at radius 3 is 2.53 bits per heavy atom. The second-order valence-electron chi connectivity index (χ2n) is 4.85. The Bertz CT molecular complexity index is 630. The topological polar surface area (TPSA) is 86.2 Å². The maximum absolute atomic E-state index is 10.8. The highest BCUT2D eigenvalue weighted by Gasteiger charge is 2.15. The molecule has 1 aromatic carbocycles. The number of aromatic hydroxyl groups is 1. The van der Waals surface area contributed by atoms with Crippen LogP contribution in [0.4, 0.5) is 0 Å². The summed E-state index contributed by atoms with van der Waals surface area (Å²) >= 11 is 0. The Kier molecular flexibility index (Phi) is 3.29. The molecule has 100 valence electrons. The summed E-state index contributed by atoms with van der Waals surface area (Å²) in [6, 6.07) is 5.03. The van der Waals surface area contributed by atoms with E-state index in [0.29, 0.717) is 5.69 Å². The number of rotatable bonds is 3. The highest BCUT2D eigenvalue weighted by atomic mass is 16.4. The standard InChI is InChI=1S/C14H16N2O3/c1-7(2)9-5-10(8(3)4-13(9)17)11-6-12(14(18)19)16-15-11/h4-7,17H,1-3H3,(H,15,16)(H,18,19). The predicted octanol–water partition coefficient (Wildman–Crippen LogP) is 2.91. The molecule has 1 heterocycles. The van der Waals surface area contributed by atoms with Gasteiger partial charge in [-0.05, 0) is 42.2 Å². The number of aromatic amines is 1. The Hall–Kier alpha value is -2.30. The molecule has 0 radical (unpaired) electrons. The number of carboxylic acids is 1. The number of carbonyl (C=O) groups is 1. The van der Waals surface area contributed by atoms with Crippen LogP contribution in [0.2, 0.25) is 0 Å². The van der Waals surface area contributed by atoms with E-state index in [-0.39, 0.29) is 17.4 Å². The molecule has 19 heavy (non-hydrogen) atoms. The first-order valence-electron chi connectivity index (χ1n) is 6.02. The number of nitrogens with zero attached hydrogens (tertiary/aromatic N) is 1. The summed E-state index contributed by atoms with van der Waals surface area (Å²) in [6.07, 6.45) is 0. The lowest BCUT2D eigenvalue weighted by molar-refractivity contribution is 0.0690. The highest BCUT2D eigenvalue weighted by Crippen LogP contribution is 2.33. The molecule has 5 heteroatoms. The number of aryl methyl sites for hydroxylation is 1. The molecule has 1 aromatic heterocycles. The molecule has 0 saturated heterocycles. The lowest BCUT2D eigenvalue weighted by Crippen LogP contribution is -1.95. The van der Waals surface area contributed by atoms with E-state index in [4.69, 9.17) is 5.11 Å². The monoisotopic (exact) mass is 260 g/mol. The van der Waals surface area contributed by atoms with Gasteiger partial charge in [0.2, 0.25) is 0 Å². The van der Waals surface area contributed by atoms with Crippen LogP contribution in [0.3, 0.4) is 0 Å². The molecular weight excluding hydrogens is 244 g/mol. The number of nitrogens with one attached hydrogen (secondary N) is 1. The van der Waals surface area contributed by atoms with Crippen LogP contribution in [0.15, 0.2) is 18.2 Å². The van der Waals surface area contributed by atoms with E-state index in [1.54, 1.807) is 6.07 Å². The van der Waals surface area contributed by atoms with E-state index in [9.17, 15) is 9.90 Å². The van der Waals surface area contributed by atoms with Crippen LogP contribution in [-0.4, -0.2) is 26.4 Å². The van der Waals surface area contributed by atoms with Gasteiger partial charge in [0.15, 0.2) is 0 Å². The van der Waals surface area contributed by atoms with E-state index in [1.165, 1.54) is 6.07 Å². The van der Waals surface area contributed by atoms with Crippen LogP contribution in [0.5, 0.6) is 5.75 Å². The van der Waals surface area contributed by atoms with Gasteiger partial charge in [-0.3, -0.25) is 5.10 Å². The summed E-state index contributed by atoms with van der Waals surface area (Å²) < 4.78 is 0. The van der Waals surface area contributed by atoms with E-state index in [1.807, 2.05) is 26.8 Å². The molecule has 3 N–H and O–H groups in total. The third-order valence-corrected chi connectivity index (χ3v) is 3.08. The molecule has 2 aromatic rings. The summed E-state index contributed by atoms with van der Waals surface area (Å²) in [6.45, 7) is 5.83. The average Bonchev–Trinajstić information content (AvgIpc) is 2.77. The number of hydrogen-bond acceptors (Lipinski definition) is 3. The van der Waals surface area contributed by atoms with Gasteiger partial charge in [-0.25, -0.2) is 4.79 Å². The normalized spacial score (nSPS) is 10.9. The maximum atomic E-state index is 10.8. The van der Waals surface area contributed by atoms with Gasteiger partial charge in [-0.2, -0.15) is 5.10 Å². The molecule has 0 aliphatic carbocycles. The van der Waals surface area contributed by atoms with E-state index < -0.39 is 5.97 Å².